The Morgan fingerprint density at radius 1 is 1.32 bits per heavy atom. The normalized spacial score (nSPS) is 16.3. The van der Waals surface area contributed by atoms with Gasteiger partial charge in [-0.25, -0.2) is 0 Å². The van der Waals surface area contributed by atoms with Gasteiger partial charge in [-0.2, -0.15) is 0 Å². The lowest BCUT2D eigenvalue weighted by Crippen LogP contribution is -2.44. The van der Waals surface area contributed by atoms with E-state index in [4.69, 9.17) is 4.52 Å². The molecule has 7 nitrogen and oxygen atoms in total. The van der Waals surface area contributed by atoms with Crippen LogP contribution in [0.2, 0.25) is 0 Å². The van der Waals surface area contributed by atoms with E-state index < -0.39 is 0 Å². The molecule has 1 atom stereocenters. The number of hydrogen-bond donors (Lipinski definition) is 0. The maximum Gasteiger partial charge on any atom is 0.259 e. The zero-order chi connectivity index (χ0) is 18.7. The van der Waals surface area contributed by atoms with Crippen LogP contribution in [0, 0.1) is 13.8 Å². The summed E-state index contributed by atoms with van der Waals surface area (Å²) >= 11 is 0. The largest absolute Gasteiger partial charge is 0.361 e. The predicted molar refractivity (Wildman–Crippen MR) is 95.4 cm³/mol. The molecule has 0 N–H and O–H groups in total. The number of nitrogens with zero attached hydrogens (tertiary/aromatic N) is 4. The first-order valence-electron chi connectivity index (χ1n) is 8.53. The maximum atomic E-state index is 12.8. The highest BCUT2D eigenvalue weighted by molar-refractivity contribution is 5.96. The van der Waals surface area contributed by atoms with Crippen LogP contribution in [0.15, 0.2) is 16.2 Å². The minimum absolute atomic E-state index is 0.0570. The number of amides is 2. The quantitative estimate of drug-likeness (QED) is 0.754. The second-order valence-corrected chi connectivity index (χ2v) is 6.86. The van der Waals surface area contributed by atoms with E-state index in [9.17, 15) is 9.59 Å². The summed E-state index contributed by atoms with van der Waals surface area (Å²) < 4.78 is 5.11. The molecule has 0 spiro atoms. The number of hydrogen-bond acceptors (Lipinski definition) is 5. The molecule has 2 heterocycles. The van der Waals surface area contributed by atoms with Crippen molar-refractivity contribution in [2.45, 2.75) is 33.2 Å². The zero-order valence-corrected chi connectivity index (χ0v) is 16.0. The highest BCUT2D eigenvalue weighted by Crippen LogP contribution is 2.21. The van der Waals surface area contributed by atoms with Crippen LogP contribution in [0.3, 0.4) is 0 Å². The van der Waals surface area contributed by atoms with Crippen LogP contribution in [-0.2, 0) is 4.79 Å². The lowest BCUT2D eigenvalue weighted by molar-refractivity contribution is -0.129. The second kappa shape index (κ2) is 7.82. The molecule has 0 saturated heterocycles. The molecule has 0 bridgehead atoms. The van der Waals surface area contributed by atoms with Gasteiger partial charge in [0.15, 0.2) is 0 Å². The fourth-order valence-corrected chi connectivity index (χ4v) is 2.99. The first kappa shape index (κ1) is 19.2. The molecule has 1 aromatic heterocycles. The number of carbonyl (C=O) groups is 2. The summed E-state index contributed by atoms with van der Waals surface area (Å²) in [5, 5.41) is 3.87. The van der Waals surface area contributed by atoms with Crippen LogP contribution in [0.1, 0.15) is 35.2 Å². The van der Waals surface area contributed by atoms with E-state index in [1.165, 1.54) is 0 Å². The molecular weight excluding hydrogens is 320 g/mol. The standard InChI is InChI=1S/C18H28N4O3/c1-12-17(14(3)25-19-12)18(24)21(6)13(2)15-8-7-9-22(10-15)11-16(23)20(4)5/h8,13H,7,9-11H2,1-6H3/t13-/m1/s1. The summed E-state index contributed by atoms with van der Waals surface area (Å²) in [5.41, 5.74) is 2.29. The van der Waals surface area contributed by atoms with E-state index in [-0.39, 0.29) is 17.9 Å². The van der Waals surface area contributed by atoms with Crippen molar-refractivity contribution in [3.05, 3.63) is 28.7 Å². The minimum Gasteiger partial charge on any atom is -0.361 e. The van der Waals surface area contributed by atoms with Gasteiger partial charge in [0.1, 0.15) is 11.3 Å². The third-order valence-electron chi connectivity index (χ3n) is 4.80. The fraction of sp³-hybridized carbons (Fsp3) is 0.611. The molecule has 0 saturated carbocycles. The zero-order valence-electron chi connectivity index (χ0n) is 16.0. The Bertz CT molecular complexity index is 658. The monoisotopic (exact) mass is 348 g/mol. The molecule has 0 aromatic carbocycles. The minimum atomic E-state index is -0.0915. The van der Waals surface area contributed by atoms with Gasteiger partial charge in [0.2, 0.25) is 5.91 Å². The maximum absolute atomic E-state index is 12.8. The topological polar surface area (TPSA) is 69.9 Å². The number of carbonyl (C=O) groups excluding carboxylic acids is 2. The average Bonchev–Trinajstić information content (AvgIpc) is 2.91. The summed E-state index contributed by atoms with van der Waals surface area (Å²) in [6.45, 7) is 7.49. The molecule has 1 aliphatic heterocycles. The summed E-state index contributed by atoms with van der Waals surface area (Å²) in [4.78, 5) is 30.2. The Balaban J connectivity index is 2.06. The lowest BCUT2D eigenvalue weighted by atomic mass is 10.0. The van der Waals surface area contributed by atoms with E-state index in [0.717, 1.165) is 18.5 Å². The van der Waals surface area contributed by atoms with Crippen molar-refractivity contribution in [3.8, 4) is 0 Å². The molecule has 7 heteroatoms. The van der Waals surface area contributed by atoms with Gasteiger partial charge in [-0.1, -0.05) is 11.2 Å². The van der Waals surface area contributed by atoms with Crippen LogP contribution >= 0.6 is 0 Å². The third kappa shape index (κ3) is 4.28. The van der Waals surface area contributed by atoms with Crippen molar-refractivity contribution in [2.75, 3.05) is 40.8 Å². The Morgan fingerprint density at radius 3 is 2.56 bits per heavy atom. The van der Waals surface area contributed by atoms with Gasteiger partial charge in [0, 0.05) is 34.2 Å². The van der Waals surface area contributed by atoms with Crippen molar-refractivity contribution in [1.82, 2.24) is 19.9 Å². The molecule has 1 aliphatic rings. The van der Waals surface area contributed by atoms with E-state index >= 15 is 0 Å². The summed E-state index contributed by atoms with van der Waals surface area (Å²) in [7, 11) is 5.33. The molecule has 1 aromatic rings. The number of aromatic nitrogens is 1. The van der Waals surface area contributed by atoms with Gasteiger partial charge < -0.3 is 14.3 Å². The molecule has 0 aliphatic carbocycles. The lowest BCUT2D eigenvalue weighted by Gasteiger charge is -2.34. The van der Waals surface area contributed by atoms with Crippen LogP contribution in [0.4, 0.5) is 0 Å². The van der Waals surface area contributed by atoms with Crippen molar-refractivity contribution in [2.24, 2.45) is 0 Å². The van der Waals surface area contributed by atoms with Gasteiger partial charge >= 0.3 is 0 Å². The Kier molecular flexibility index (Phi) is 6.00. The Morgan fingerprint density at radius 2 is 2.00 bits per heavy atom. The molecule has 25 heavy (non-hydrogen) atoms. The number of rotatable bonds is 5. The van der Waals surface area contributed by atoms with Gasteiger partial charge in [0.05, 0.1) is 18.3 Å². The summed E-state index contributed by atoms with van der Waals surface area (Å²) in [6.07, 6.45) is 3.06. The first-order valence-corrected chi connectivity index (χ1v) is 8.53. The molecule has 0 unspecified atom stereocenters. The van der Waals surface area contributed by atoms with Gasteiger partial charge in [-0.3, -0.25) is 14.5 Å². The smallest absolute Gasteiger partial charge is 0.259 e. The van der Waals surface area contributed by atoms with Crippen LogP contribution in [0.5, 0.6) is 0 Å². The molecule has 138 valence electrons. The Labute approximate surface area is 149 Å². The molecule has 2 rings (SSSR count). The van der Waals surface area contributed by atoms with E-state index in [1.54, 1.807) is 44.8 Å². The number of likely N-dealkylation sites (N-methyl/N-ethyl adjacent to an activating group) is 2. The van der Waals surface area contributed by atoms with Gasteiger partial charge in [0.25, 0.3) is 5.91 Å². The van der Waals surface area contributed by atoms with E-state index in [1.807, 2.05) is 6.92 Å². The van der Waals surface area contributed by atoms with Crippen molar-refractivity contribution >= 4 is 11.8 Å². The predicted octanol–water partition coefficient (Wildman–Crippen LogP) is 1.47. The average molecular weight is 348 g/mol. The summed E-state index contributed by atoms with van der Waals surface area (Å²) in [5.74, 6) is 0.539. The third-order valence-corrected chi connectivity index (χ3v) is 4.80. The van der Waals surface area contributed by atoms with Gasteiger partial charge in [-0.05, 0) is 32.8 Å². The van der Waals surface area contributed by atoms with E-state index in [2.05, 4.69) is 16.1 Å². The highest BCUT2D eigenvalue weighted by atomic mass is 16.5. The summed E-state index contributed by atoms with van der Waals surface area (Å²) in [6, 6.07) is -0.0570. The first-order chi connectivity index (χ1) is 11.7. The van der Waals surface area contributed by atoms with Crippen molar-refractivity contribution < 1.29 is 14.1 Å². The van der Waals surface area contributed by atoms with Crippen LogP contribution in [0.25, 0.3) is 0 Å². The van der Waals surface area contributed by atoms with Gasteiger partial charge in [-0.15, -0.1) is 0 Å². The number of aryl methyl sites for hydroxylation is 2. The molecule has 0 fully saturated rings. The molecule has 0 radical (unpaired) electrons. The molecular formula is C18H28N4O3. The van der Waals surface area contributed by atoms with E-state index in [0.29, 0.717) is 30.1 Å². The van der Waals surface area contributed by atoms with Crippen molar-refractivity contribution in [3.63, 3.8) is 0 Å². The SMILES string of the molecule is Cc1noc(C)c1C(=O)N(C)[C@H](C)C1=CCCN(CC(=O)N(C)C)C1. The Hall–Kier alpha value is -2.15. The fourth-order valence-electron chi connectivity index (χ4n) is 2.99. The van der Waals surface area contributed by atoms with Crippen LogP contribution in [-0.4, -0.2) is 78.5 Å². The second-order valence-electron chi connectivity index (χ2n) is 6.86. The molecule has 2 amide bonds. The van der Waals surface area contributed by atoms with Crippen molar-refractivity contribution in [1.29, 1.82) is 0 Å². The highest BCUT2D eigenvalue weighted by Gasteiger charge is 2.28. The van der Waals surface area contributed by atoms with Crippen LogP contribution < -0.4 is 0 Å².